The third-order valence-electron chi connectivity index (χ3n) is 2.51. The second-order valence-corrected chi connectivity index (χ2v) is 4.81. The van der Waals surface area contributed by atoms with E-state index in [1.807, 2.05) is 0 Å². The van der Waals surface area contributed by atoms with Crippen molar-refractivity contribution >= 4 is 33.2 Å². The Hall–Kier alpha value is -1.66. The summed E-state index contributed by atoms with van der Waals surface area (Å²) in [6.45, 7) is 0. The summed E-state index contributed by atoms with van der Waals surface area (Å²) in [6, 6.07) is 8.44. The maximum atomic E-state index is 13.8. The molecule has 0 aromatic heterocycles. The fourth-order valence-corrected chi connectivity index (χ4v) is 2.12. The molecule has 0 aliphatic heterocycles. The zero-order valence-electron chi connectivity index (χ0n) is 9.98. The van der Waals surface area contributed by atoms with Crippen molar-refractivity contribution in [2.45, 2.75) is 5.33 Å². The standard InChI is InChI=1S/C13H8BrClFNO3/c14-7-8-4-5-12(10(16)6-8)20-13-9(15)2-1-3-11(13)17(18)19/h1-6H,7H2. The van der Waals surface area contributed by atoms with Gasteiger partial charge in [0, 0.05) is 11.4 Å². The van der Waals surface area contributed by atoms with Gasteiger partial charge in [-0.25, -0.2) is 4.39 Å². The highest BCUT2D eigenvalue weighted by atomic mass is 79.9. The number of nitrogens with zero attached hydrogens (tertiary/aromatic N) is 1. The molecule has 0 N–H and O–H groups in total. The lowest BCUT2D eigenvalue weighted by molar-refractivity contribution is -0.385. The molecule has 0 aliphatic rings. The van der Waals surface area contributed by atoms with Crippen molar-refractivity contribution in [3.63, 3.8) is 0 Å². The zero-order chi connectivity index (χ0) is 14.7. The number of rotatable bonds is 4. The van der Waals surface area contributed by atoms with E-state index in [9.17, 15) is 14.5 Å². The molecule has 20 heavy (non-hydrogen) atoms. The molecule has 0 fully saturated rings. The van der Waals surface area contributed by atoms with Crippen molar-refractivity contribution in [1.29, 1.82) is 0 Å². The number of halogens is 3. The predicted octanol–water partition coefficient (Wildman–Crippen LogP) is 5.07. The number of hydrogen-bond donors (Lipinski definition) is 0. The summed E-state index contributed by atoms with van der Waals surface area (Å²) >= 11 is 9.08. The van der Waals surface area contributed by atoms with Crippen LogP contribution in [0.3, 0.4) is 0 Å². The molecule has 104 valence electrons. The van der Waals surface area contributed by atoms with Gasteiger partial charge in [0.15, 0.2) is 11.6 Å². The molecule has 4 nitrogen and oxygen atoms in total. The molecule has 0 saturated heterocycles. The van der Waals surface area contributed by atoms with Crippen molar-refractivity contribution < 1.29 is 14.1 Å². The van der Waals surface area contributed by atoms with E-state index in [1.165, 1.54) is 30.3 Å². The third-order valence-corrected chi connectivity index (χ3v) is 3.45. The molecule has 0 unspecified atom stereocenters. The molecule has 0 heterocycles. The highest BCUT2D eigenvalue weighted by molar-refractivity contribution is 9.08. The van der Waals surface area contributed by atoms with Crippen LogP contribution in [0.5, 0.6) is 11.5 Å². The molecule has 0 bridgehead atoms. The Morgan fingerprint density at radius 1 is 1.35 bits per heavy atom. The molecule has 2 aromatic rings. The molecule has 0 spiro atoms. The van der Waals surface area contributed by atoms with Gasteiger partial charge in [-0.1, -0.05) is 39.7 Å². The van der Waals surface area contributed by atoms with Crippen LogP contribution in [0, 0.1) is 15.9 Å². The van der Waals surface area contributed by atoms with Gasteiger partial charge < -0.3 is 4.74 Å². The van der Waals surface area contributed by atoms with Gasteiger partial charge in [0.25, 0.3) is 0 Å². The van der Waals surface area contributed by atoms with E-state index in [1.54, 1.807) is 6.07 Å². The fraction of sp³-hybridized carbons (Fsp3) is 0.0769. The van der Waals surface area contributed by atoms with E-state index >= 15 is 0 Å². The van der Waals surface area contributed by atoms with E-state index < -0.39 is 10.7 Å². The molecule has 7 heteroatoms. The highest BCUT2D eigenvalue weighted by Gasteiger charge is 2.20. The third kappa shape index (κ3) is 3.08. The number of para-hydroxylation sites is 1. The largest absolute Gasteiger partial charge is 0.445 e. The zero-order valence-corrected chi connectivity index (χ0v) is 12.3. The van der Waals surface area contributed by atoms with Gasteiger partial charge in [0.05, 0.1) is 9.95 Å². The van der Waals surface area contributed by atoms with Crippen LogP contribution >= 0.6 is 27.5 Å². The first-order valence-electron chi connectivity index (χ1n) is 5.48. The van der Waals surface area contributed by atoms with Gasteiger partial charge >= 0.3 is 5.69 Å². The van der Waals surface area contributed by atoms with Crippen molar-refractivity contribution in [3.05, 3.63) is 62.9 Å². The Morgan fingerprint density at radius 3 is 2.70 bits per heavy atom. The first-order valence-corrected chi connectivity index (χ1v) is 6.98. The van der Waals surface area contributed by atoms with E-state index in [-0.39, 0.29) is 22.2 Å². The second kappa shape index (κ2) is 6.19. The van der Waals surface area contributed by atoms with Crippen LogP contribution in [0.2, 0.25) is 5.02 Å². The Morgan fingerprint density at radius 2 is 2.10 bits per heavy atom. The first-order chi connectivity index (χ1) is 9.52. The maximum Gasteiger partial charge on any atom is 0.313 e. The van der Waals surface area contributed by atoms with Crippen molar-refractivity contribution in [3.8, 4) is 11.5 Å². The summed E-state index contributed by atoms with van der Waals surface area (Å²) in [5.74, 6) is -0.910. The van der Waals surface area contributed by atoms with Gasteiger partial charge in [0.2, 0.25) is 5.75 Å². The van der Waals surface area contributed by atoms with Crippen LogP contribution in [-0.2, 0) is 5.33 Å². The van der Waals surface area contributed by atoms with E-state index in [0.717, 1.165) is 5.56 Å². The van der Waals surface area contributed by atoms with Crippen LogP contribution in [0.4, 0.5) is 10.1 Å². The van der Waals surface area contributed by atoms with Crippen LogP contribution in [0.25, 0.3) is 0 Å². The normalized spacial score (nSPS) is 10.3. The molecular formula is C13H8BrClFNO3. The van der Waals surface area contributed by atoms with Crippen molar-refractivity contribution in [2.24, 2.45) is 0 Å². The number of alkyl halides is 1. The summed E-state index contributed by atoms with van der Waals surface area (Å²) < 4.78 is 19.1. The van der Waals surface area contributed by atoms with Gasteiger partial charge in [-0.3, -0.25) is 10.1 Å². The summed E-state index contributed by atoms with van der Waals surface area (Å²) in [7, 11) is 0. The van der Waals surface area contributed by atoms with Crippen molar-refractivity contribution in [1.82, 2.24) is 0 Å². The van der Waals surface area contributed by atoms with Crippen molar-refractivity contribution in [2.75, 3.05) is 0 Å². The molecular weight excluding hydrogens is 353 g/mol. The minimum atomic E-state index is -0.633. The average Bonchev–Trinajstić information content (AvgIpc) is 2.42. The minimum absolute atomic E-state index is 0.0446. The van der Waals surface area contributed by atoms with Crippen LogP contribution in [0.1, 0.15) is 5.56 Å². The molecule has 0 amide bonds. The maximum absolute atomic E-state index is 13.8. The summed E-state index contributed by atoms with van der Waals surface area (Å²) in [5.41, 5.74) is 0.407. The van der Waals surface area contributed by atoms with E-state index in [2.05, 4.69) is 15.9 Å². The van der Waals surface area contributed by atoms with E-state index in [4.69, 9.17) is 16.3 Å². The van der Waals surface area contributed by atoms with Gasteiger partial charge in [0.1, 0.15) is 0 Å². The molecule has 2 rings (SSSR count). The number of hydrogen-bond acceptors (Lipinski definition) is 3. The lowest BCUT2D eigenvalue weighted by atomic mass is 10.2. The van der Waals surface area contributed by atoms with Crippen LogP contribution in [-0.4, -0.2) is 4.92 Å². The Balaban J connectivity index is 2.42. The monoisotopic (exact) mass is 359 g/mol. The molecule has 0 atom stereocenters. The van der Waals surface area contributed by atoms with Gasteiger partial charge in [-0.2, -0.15) is 0 Å². The molecule has 0 radical (unpaired) electrons. The lowest BCUT2D eigenvalue weighted by Crippen LogP contribution is -1.96. The number of benzene rings is 2. The topological polar surface area (TPSA) is 52.4 Å². The number of nitro benzene ring substituents is 1. The Kier molecular flexibility index (Phi) is 4.57. The minimum Gasteiger partial charge on any atom is -0.445 e. The average molecular weight is 361 g/mol. The molecule has 2 aromatic carbocycles. The van der Waals surface area contributed by atoms with Gasteiger partial charge in [-0.15, -0.1) is 0 Å². The first kappa shape index (κ1) is 14.7. The summed E-state index contributed by atoms with van der Waals surface area (Å²) in [4.78, 5) is 10.3. The highest BCUT2D eigenvalue weighted by Crippen LogP contribution is 2.38. The smallest absolute Gasteiger partial charge is 0.313 e. The number of nitro groups is 1. The molecule has 0 aliphatic carbocycles. The van der Waals surface area contributed by atoms with Gasteiger partial charge in [-0.05, 0) is 23.8 Å². The second-order valence-electron chi connectivity index (χ2n) is 3.85. The Bertz CT molecular complexity index is 666. The van der Waals surface area contributed by atoms with Crippen LogP contribution < -0.4 is 4.74 Å². The van der Waals surface area contributed by atoms with E-state index in [0.29, 0.717) is 5.33 Å². The quantitative estimate of drug-likeness (QED) is 0.434. The molecule has 0 saturated carbocycles. The number of ether oxygens (including phenoxy) is 1. The summed E-state index contributed by atoms with van der Waals surface area (Å²) in [6.07, 6.45) is 0. The Labute approximate surface area is 127 Å². The lowest BCUT2D eigenvalue weighted by Gasteiger charge is -2.09. The SMILES string of the molecule is O=[N+]([O-])c1cccc(Cl)c1Oc1ccc(CBr)cc1F. The fourth-order valence-electron chi connectivity index (χ4n) is 1.56. The summed E-state index contributed by atoms with van der Waals surface area (Å²) in [5, 5.41) is 11.5. The predicted molar refractivity (Wildman–Crippen MR) is 77.2 cm³/mol. The van der Waals surface area contributed by atoms with Crippen LogP contribution in [0.15, 0.2) is 36.4 Å².